The molecular weight excluding hydrogens is 381 g/mol. The number of rotatable bonds is 4. The maximum Gasteiger partial charge on any atom is 0.372 e. The van der Waals surface area contributed by atoms with Gasteiger partial charge in [-0.1, -0.05) is 46.4 Å². The van der Waals surface area contributed by atoms with Crippen LogP contribution in [-0.4, -0.2) is 0 Å². The Morgan fingerprint density at radius 2 is 1.19 bits per heavy atom. The van der Waals surface area contributed by atoms with Gasteiger partial charge < -0.3 is 13.9 Å². The summed E-state index contributed by atoms with van der Waals surface area (Å²) >= 11 is 23.1. The summed E-state index contributed by atoms with van der Waals surface area (Å²) in [5.74, 6) is -0.214. The Labute approximate surface area is 140 Å². The minimum Gasteiger partial charge on any atom is -0.736 e. The predicted molar refractivity (Wildman–Crippen MR) is 81.8 cm³/mol. The molecule has 0 heterocycles. The smallest absolute Gasteiger partial charge is 0.372 e. The number of hydrogen-bond acceptors (Lipinski definition) is 4. The van der Waals surface area contributed by atoms with Crippen molar-refractivity contribution in [1.29, 1.82) is 0 Å². The Morgan fingerprint density at radius 1 is 0.810 bits per heavy atom. The molecule has 0 fully saturated rings. The van der Waals surface area contributed by atoms with Crippen LogP contribution in [0.5, 0.6) is 11.5 Å². The van der Waals surface area contributed by atoms with E-state index in [0.717, 1.165) is 0 Å². The van der Waals surface area contributed by atoms with Crippen molar-refractivity contribution in [2.75, 3.05) is 0 Å². The van der Waals surface area contributed by atoms with E-state index in [9.17, 15) is 9.46 Å². The topological polar surface area (TPSA) is 58.6 Å². The van der Waals surface area contributed by atoms with Crippen molar-refractivity contribution in [2.24, 2.45) is 0 Å². The largest absolute Gasteiger partial charge is 0.736 e. The van der Waals surface area contributed by atoms with Crippen molar-refractivity contribution in [3.63, 3.8) is 0 Å². The molecule has 0 bridgehead atoms. The molecule has 0 aromatic heterocycles. The highest BCUT2D eigenvalue weighted by Gasteiger charge is 2.17. The van der Waals surface area contributed by atoms with Crippen molar-refractivity contribution in [1.82, 2.24) is 0 Å². The van der Waals surface area contributed by atoms with E-state index in [0.29, 0.717) is 10.0 Å². The monoisotopic (exact) mass is 385 g/mol. The fourth-order valence-corrected chi connectivity index (χ4v) is 3.20. The molecular formula is C12H6Cl4O4P-. The molecule has 0 saturated carbocycles. The van der Waals surface area contributed by atoms with Crippen LogP contribution in [0, 0.1) is 0 Å². The molecule has 0 radical (unpaired) electrons. The van der Waals surface area contributed by atoms with Gasteiger partial charge in [0, 0.05) is 10.0 Å². The fourth-order valence-electron chi connectivity index (χ4n) is 1.36. The van der Waals surface area contributed by atoms with Gasteiger partial charge in [0.05, 0.1) is 10.0 Å². The van der Waals surface area contributed by atoms with Gasteiger partial charge in [-0.3, -0.25) is 0 Å². The molecule has 0 atom stereocenters. The molecule has 0 saturated heterocycles. The number of hydrogen-bond donors (Lipinski definition) is 0. The van der Waals surface area contributed by atoms with Gasteiger partial charge >= 0.3 is 7.82 Å². The molecule has 0 aliphatic rings. The predicted octanol–water partition coefficient (Wildman–Crippen LogP) is 5.23. The van der Waals surface area contributed by atoms with Gasteiger partial charge in [-0.2, -0.15) is 0 Å². The Bertz CT molecular complexity index is 665. The molecule has 2 aromatic rings. The lowest BCUT2D eigenvalue weighted by atomic mass is 10.3. The average molecular weight is 387 g/mol. The Morgan fingerprint density at radius 3 is 1.52 bits per heavy atom. The third-order valence-electron chi connectivity index (χ3n) is 2.21. The van der Waals surface area contributed by atoms with Gasteiger partial charge in [0.25, 0.3) is 0 Å². The minimum atomic E-state index is -4.73. The maximum absolute atomic E-state index is 11.8. The second-order valence-corrected chi connectivity index (χ2v) is 6.73. The van der Waals surface area contributed by atoms with Crippen LogP contribution in [0.15, 0.2) is 36.4 Å². The van der Waals surface area contributed by atoms with Crippen molar-refractivity contribution >= 4 is 54.2 Å². The summed E-state index contributed by atoms with van der Waals surface area (Å²) in [6.07, 6.45) is 0. The molecule has 0 aliphatic heterocycles. The molecule has 0 spiro atoms. The minimum absolute atomic E-state index is 0.0318. The van der Waals surface area contributed by atoms with Gasteiger partial charge in [0.15, 0.2) is 0 Å². The lowest BCUT2D eigenvalue weighted by Gasteiger charge is -2.24. The quantitative estimate of drug-likeness (QED) is 0.675. The first-order valence-electron chi connectivity index (χ1n) is 5.37. The molecule has 112 valence electrons. The summed E-state index contributed by atoms with van der Waals surface area (Å²) < 4.78 is 21.4. The van der Waals surface area contributed by atoms with Crippen LogP contribution in [0.2, 0.25) is 20.1 Å². The van der Waals surface area contributed by atoms with Gasteiger partial charge in [-0.15, -0.1) is 0 Å². The molecule has 21 heavy (non-hydrogen) atoms. The molecule has 0 aliphatic carbocycles. The zero-order valence-electron chi connectivity index (χ0n) is 10.1. The van der Waals surface area contributed by atoms with Gasteiger partial charge in [0.2, 0.25) is 0 Å². The molecule has 2 aromatic carbocycles. The second-order valence-electron chi connectivity index (χ2n) is 3.78. The summed E-state index contributed by atoms with van der Waals surface area (Å²) in [4.78, 5) is 11.8. The molecule has 0 amide bonds. The lowest BCUT2D eigenvalue weighted by molar-refractivity contribution is -0.208. The van der Waals surface area contributed by atoms with E-state index < -0.39 is 7.82 Å². The van der Waals surface area contributed by atoms with Crippen LogP contribution in [0.1, 0.15) is 0 Å². The fraction of sp³-hybridized carbons (Fsp3) is 0. The Hall–Kier alpha value is -0.610. The van der Waals surface area contributed by atoms with E-state index >= 15 is 0 Å². The van der Waals surface area contributed by atoms with E-state index in [1.54, 1.807) is 0 Å². The van der Waals surface area contributed by atoms with E-state index in [-0.39, 0.29) is 21.5 Å². The van der Waals surface area contributed by atoms with Crippen molar-refractivity contribution in [3.05, 3.63) is 56.5 Å². The first kappa shape index (κ1) is 16.8. The summed E-state index contributed by atoms with van der Waals surface area (Å²) in [6, 6.07) is 8.15. The molecule has 4 nitrogen and oxygen atoms in total. The van der Waals surface area contributed by atoms with Crippen LogP contribution in [0.3, 0.4) is 0 Å². The van der Waals surface area contributed by atoms with E-state index in [1.165, 1.54) is 36.4 Å². The van der Waals surface area contributed by atoms with Crippen molar-refractivity contribution in [3.8, 4) is 11.5 Å². The first-order valence-corrected chi connectivity index (χ1v) is 8.34. The Kier molecular flexibility index (Phi) is 5.31. The van der Waals surface area contributed by atoms with Gasteiger partial charge in [0.1, 0.15) is 11.5 Å². The van der Waals surface area contributed by atoms with E-state index in [2.05, 4.69) is 0 Å². The van der Waals surface area contributed by atoms with Crippen LogP contribution >= 0.6 is 54.2 Å². The second kappa shape index (κ2) is 6.66. The normalized spacial score (nSPS) is 11.3. The molecule has 9 heteroatoms. The van der Waals surface area contributed by atoms with Crippen LogP contribution in [-0.2, 0) is 4.57 Å². The number of benzene rings is 2. The zero-order chi connectivity index (χ0) is 15.6. The standard InChI is InChI=1S/C12H7Cl4O4P/c13-7-1-3-11(9(15)5-7)19-21(17,18)20-12-4-2-8(14)6-10(12)16/h1-6H,(H,17,18)/p-1. The SMILES string of the molecule is O=P([O-])(Oc1ccc(Cl)cc1Cl)Oc1ccc(Cl)cc1Cl. The highest BCUT2D eigenvalue weighted by Crippen LogP contribution is 2.45. The first-order chi connectivity index (χ1) is 9.77. The molecule has 2 rings (SSSR count). The van der Waals surface area contributed by atoms with Gasteiger partial charge in [-0.05, 0) is 36.4 Å². The Balaban J connectivity index is 2.20. The number of phosphoric ester groups is 1. The molecule has 0 N–H and O–H groups in total. The van der Waals surface area contributed by atoms with Gasteiger partial charge in [-0.25, -0.2) is 4.57 Å². The summed E-state index contributed by atoms with van der Waals surface area (Å²) in [5.41, 5.74) is 0. The van der Waals surface area contributed by atoms with E-state index in [1.807, 2.05) is 0 Å². The van der Waals surface area contributed by atoms with E-state index in [4.69, 9.17) is 55.5 Å². The third-order valence-corrected chi connectivity index (χ3v) is 4.11. The summed E-state index contributed by atoms with van der Waals surface area (Å²) in [6.45, 7) is 0. The molecule has 0 unspecified atom stereocenters. The maximum atomic E-state index is 11.8. The third kappa shape index (κ3) is 4.68. The lowest BCUT2D eigenvalue weighted by Crippen LogP contribution is -2.13. The van der Waals surface area contributed by atoms with Crippen LogP contribution in [0.4, 0.5) is 0 Å². The van der Waals surface area contributed by atoms with Crippen LogP contribution < -0.4 is 13.9 Å². The number of phosphoric acid groups is 1. The zero-order valence-corrected chi connectivity index (χ0v) is 14.0. The highest BCUT2D eigenvalue weighted by atomic mass is 35.5. The summed E-state index contributed by atoms with van der Waals surface area (Å²) in [5, 5.41) is 0.748. The van der Waals surface area contributed by atoms with Crippen LogP contribution in [0.25, 0.3) is 0 Å². The van der Waals surface area contributed by atoms with Crippen molar-refractivity contribution in [2.45, 2.75) is 0 Å². The average Bonchev–Trinajstić information content (AvgIpc) is 2.36. The van der Waals surface area contributed by atoms with Crippen molar-refractivity contribution < 1.29 is 18.5 Å². The number of halogens is 4. The highest BCUT2D eigenvalue weighted by molar-refractivity contribution is 7.46. The summed E-state index contributed by atoms with van der Waals surface area (Å²) in [7, 11) is -4.73.